The Morgan fingerprint density at radius 3 is 2.80 bits per heavy atom. The molecule has 1 rings (SSSR count). The number of pyridine rings is 1. The van der Waals surface area contributed by atoms with Crippen molar-refractivity contribution < 1.29 is 13.5 Å². The summed E-state index contributed by atoms with van der Waals surface area (Å²) in [5.74, 6) is 0.0645. The van der Waals surface area contributed by atoms with E-state index >= 15 is 0 Å². The molecule has 80 valence electrons. The normalized spacial score (nSPS) is 10.1. The van der Waals surface area contributed by atoms with Crippen LogP contribution in [-0.4, -0.2) is 12.1 Å². The molecule has 0 fully saturated rings. The fourth-order valence-corrected chi connectivity index (χ4v) is 1.18. The van der Waals surface area contributed by atoms with E-state index in [2.05, 4.69) is 4.98 Å². The van der Waals surface area contributed by atoms with Crippen LogP contribution in [0.15, 0.2) is 10.9 Å². The largest absolute Gasteiger partial charge is 0.482 e. The van der Waals surface area contributed by atoms with Crippen LogP contribution < -0.4 is 10.3 Å². The average molecular weight is 214 g/mol. The molecule has 1 heterocycles. The smallest absolute Gasteiger partial charge is 0.269 e. The van der Waals surface area contributed by atoms with Crippen LogP contribution >= 0.6 is 0 Å². The number of halogens is 2. The molecule has 0 aliphatic heterocycles. The lowest BCUT2D eigenvalue weighted by molar-refractivity contribution is 0.148. The maximum absolute atomic E-state index is 12.5. The topological polar surface area (TPSA) is 65.9 Å². The third kappa shape index (κ3) is 2.31. The molecule has 0 unspecified atom stereocenters. The minimum absolute atomic E-state index is 0.00639. The molecule has 0 saturated carbocycles. The first-order valence-electron chi connectivity index (χ1n) is 4.05. The molecule has 0 spiro atoms. The van der Waals surface area contributed by atoms with Crippen molar-refractivity contribution in [3.05, 3.63) is 27.5 Å². The summed E-state index contributed by atoms with van der Waals surface area (Å²) in [6.45, 7) is 0. The van der Waals surface area contributed by atoms with E-state index in [0.717, 1.165) is 0 Å². The molecular formula is C9H8F2N2O2. The maximum Gasteiger partial charge on any atom is 0.269 e. The summed E-state index contributed by atoms with van der Waals surface area (Å²) < 4.78 is 29.7. The zero-order chi connectivity index (χ0) is 11.4. The first-order valence-corrected chi connectivity index (χ1v) is 4.05. The highest BCUT2D eigenvalue weighted by Crippen LogP contribution is 2.21. The van der Waals surface area contributed by atoms with Crippen LogP contribution in [0.1, 0.15) is 17.6 Å². The van der Waals surface area contributed by atoms with Crippen LogP contribution in [0.2, 0.25) is 0 Å². The fraction of sp³-hybridized carbons (Fsp3) is 0.333. The molecule has 6 heteroatoms. The van der Waals surface area contributed by atoms with Gasteiger partial charge in [-0.25, -0.2) is 8.78 Å². The molecule has 0 bridgehead atoms. The Morgan fingerprint density at radius 1 is 1.67 bits per heavy atom. The third-order valence-corrected chi connectivity index (χ3v) is 1.84. The Hall–Kier alpha value is -1.90. The second-order valence-corrected chi connectivity index (χ2v) is 2.74. The lowest BCUT2D eigenvalue weighted by atomic mass is 10.1. The molecule has 1 aromatic rings. The number of nitriles is 1. The summed E-state index contributed by atoms with van der Waals surface area (Å²) in [4.78, 5) is 13.3. The summed E-state index contributed by atoms with van der Waals surface area (Å²) in [5.41, 5.74) is -1.60. The van der Waals surface area contributed by atoms with E-state index in [0.29, 0.717) is 0 Å². The van der Waals surface area contributed by atoms with Gasteiger partial charge in [-0.05, 0) is 5.56 Å². The second kappa shape index (κ2) is 4.55. The maximum atomic E-state index is 12.5. The number of rotatable bonds is 3. The van der Waals surface area contributed by atoms with Gasteiger partial charge in [0.25, 0.3) is 12.0 Å². The van der Waals surface area contributed by atoms with Gasteiger partial charge in [0.1, 0.15) is 0 Å². The Labute approximate surface area is 84.1 Å². The minimum Gasteiger partial charge on any atom is -0.482 e. The Kier molecular flexibility index (Phi) is 3.39. The van der Waals surface area contributed by atoms with E-state index in [1.165, 1.54) is 13.2 Å². The van der Waals surface area contributed by atoms with Gasteiger partial charge in [-0.3, -0.25) is 9.78 Å². The van der Waals surface area contributed by atoms with E-state index in [1.54, 1.807) is 6.07 Å². The van der Waals surface area contributed by atoms with Crippen molar-refractivity contribution in [1.29, 1.82) is 5.26 Å². The van der Waals surface area contributed by atoms with E-state index in [4.69, 9.17) is 10.00 Å². The van der Waals surface area contributed by atoms with E-state index in [9.17, 15) is 13.6 Å². The average Bonchev–Trinajstić information content (AvgIpc) is 2.16. The zero-order valence-corrected chi connectivity index (χ0v) is 7.88. The zero-order valence-electron chi connectivity index (χ0n) is 7.88. The molecular weight excluding hydrogens is 206 g/mol. The van der Waals surface area contributed by atoms with Crippen molar-refractivity contribution in [1.82, 2.24) is 4.98 Å². The second-order valence-electron chi connectivity index (χ2n) is 2.74. The van der Waals surface area contributed by atoms with Gasteiger partial charge in [-0.15, -0.1) is 0 Å². The molecule has 1 N–H and O–H groups in total. The summed E-state index contributed by atoms with van der Waals surface area (Å²) in [7, 11) is 1.30. The van der Waals surface area contributed by atoms with Gasteiger partial charge in [-0.1, -0.05) is 0 Å². The van der Waals surface area contributed by atoms with E-state index in [-0.39, 0.29) is 17.9 Å². The number of aromatic nitrogens is 1. The lowest BCUT2D eigenvalue weighted by Gasteiger charge is -2.06. The van der Waals surface area contributed by atoms with Crippen molar-refractivity contribution in [2.45, 2.75) is 12.8 Å². The number of methoxy groups -OCH3 is 1. The predicted molar refractivity (Wildman–Crippen MR) is 47.9 cm³/mol. The molecule has 0 atom stereocenters. The molecule has 15 heavy (non-hydrogen) atoms. The van der Waals surface area contributed by atoms with Gasteiger partial charge in [-0.2, -0.15) is 5.26 Å². The monoisotopic (exact) mass is 214 g/mol. The van der Waals surface area contributed by atoms with Crippen LogP contribution in [0.4, 0.5) is 8.78 Å². The molecule has 1 aromatic heterocycles. The first-order chi connectivity index (χ1) is 7.10. The van der Waals surface area contributed by atoms with Gasteiger partial charge in [0.2, 0.25) is 0 Å². The molecule has 0 aromatic carbocycles. The predicted octanol–water partition coefficient (Wildman–Crippen LogP) is 1.39. The SMILES string of the molecule is COc1cc(CC#N)c(C(F)F)c(=O)[nH]1. The highest BCUT2D eigenvalue weighted by Gasteiger charge is 2.18. The Morgan fingerprint density at radius 2 is 2.33 bits per heavy atom. The van der Waals surface area contributed by atoms with Crippen LogP contribution in [0.5, 0.6) is 5.88 Å². The minimum atomic E-state index is -2.90. The van der Waals surface area contributed by atoms with Gasteiger partial charge in [0, 0.05) is 6.07 Å². The number of alkyl halides is 2. The standard InChI is InChI=1S/C9H8F2N2O2/c1-15-6-4-5(2-3-12)7(8(10)11)9(14)13-6/h4,8H,2H2,1H3,(H,13,14). The fourth-order valence-electron chi connectivity index (χ4n) is 1.18. The van der Waals surface area contributed by atoms with Crippen LogP contribution in [0, 0.1) is 11.3 Å². The van der Waals surface area contributed by atoms with Crippen molar-refractivity contribution in [2.24, 2.45) is 0 Å². The number of nitrogens with one attached hydrogen (secondary N) is 1. The highest BCUT2D eigenvalue weighted by atomic mass is 19.3. The number of hydrogen-bond acceptors (Lipinski definition) is 3. The summed E-state index contributed by atoms with van der Waals surface area (Å²) in [5, 5.41) is 8.43. The number of H-pyrrole nitrogens is 1. The van der Waals surface area contributed by atoms with Gasteiger partial charge >= 0.3 is 0 Å². The van der Waals surface area contributed by atoms with E-state index < -0.39 is 17.5 Å². The molecule has 0 saturated heterocycles. The highest BCUT2D eigenvalue weighted by molar-refractivity contribution is 5.32. The number of aromatic amines is 1. The van der Waals surface area contributed by atoms with Crippen LogP contribution in [0.3, 0.4) is 0 Å². The summed E-state index contributed by atoms with van der Waals surface area (Å²) in [6, 6.07) is 2.94. The van der Waals surface area contributed by atoms with Crippen LogP contribution in [-0.2, 0) is 6.42 Å². The van der Waals surface area contributed by atoms with Crippen molar-refractivity contribution in [3.63, 3.8) is 0 Å². The van der Waals surface area contributed by atoms with Gasteiger partial charge in [0.15, 0.2) is 5.88 Å². The molecule has 0 radical (unpaired) electrons. The number of hydrogen-bond donors (Lipinski definition) is 1. The van der Waals surface area contributed by atoms with E-state index in [1.807, 2.05) is 0 Å². The number of nitrogens with zero attached hydrogens (tertiary/aromatic N) is 1. The Bertz CT molecular complexity index is 448. The molecule has 0 aliphatic carbocycles. The van der Waals surface area contributed by atoms with Gasteiger partial charge < -0.3 is 4.74 Å². The lowest BCUT2D eigenvalue weighted by Crippen LogP contribution is -2.16. The van der Waals surface area contributed by atoms with Crippen molar-refractivity contribution in [3.8, 4) is 11.9 Å². The first kappa shape index (κ1) is 11.2. The summed E-state index contributed by atoms with van der Waals surface area (Å²) in [6.07, 6.45) is -3.15. The molecule has 0 amide bonds. The van der Waals surface area contributed by atoms with Gasteiger partial charge in [0.05, 0.1) is 25.2 Å². The van der Waals surface area contributed by atoms with Crippen LogP contribution in [0.25, 0.3) is 0 Å². The van der Waals surface area contributed by atoms with Crippen molar-refractivity contribution in [2.75, 3.05) is 7.11 Å². The summed E-state index contributed by atoms with van der Waals surface area (Å²) >= 11 is 0. The molecule has 0 aliphatic rings. The molecule has 4 nitrogen and oxygen atoms in total. The van der Waals surface area contributed by atoms with Crippen molar-refractivity contribution >= 4 is 0 Å². The third-order valence-electron chi connectivity index (χ3n) is 1.84. The quantitative estimate of drug-likeness (QED) is 0.826. The Balaban J connectivity index is 3.37. The number of ether oxygens (including phenoxy) is 1.